The highest BCUT2D eigenvalue weighted by molar-refractivity contribution is 5.10. The predicted octanol–water partition coefficient (Wildman–Crippen LogP) is 3.06. The molecule has 0 radical (unpaired) electrons. The second-order valence-electron chi connectivity index (χ2n) is 5.63. The molecular weight excluding hydrogens is 212 g/mol. The molecule has 0 fully saturated rings. The van der Waals surface area contributed by atoms with Gasteiger partial charge in [-0.15, -0.1) is 0 Å². The highest BCUT2D eigenvalue weighted by Gasteiger charge is 2.30. The summed E-state index contributed by atoms with van der Waals surface area (Å²) in [5.41, 5.74) is 2.14. The Morgan fingerprint density at radius 3 is 2.53 bits per heavy atom. The Hall–Kier alpha value is -0.600. The molecule has 0 saturated heterocycles. The predicted molar refractivity (Wildman–Crippen MR) is 71.7 cm³/mol. The van der Waals surface area contributed by atoms with Crippen LogP contribution < -0.4 is 0 Å². The maximum absolute atomic E-state index is 10.3. The summed E-state index contributed by atoms with van der Waals surface area (Å²) < 4.78 is 0. The molecule has 2 N–H and O–H groups in total. The summed E-state index contributed by atoms with van der Waals surface area (Å²) in [6.07, 6.45) is 4.42. The molecule has 0 aliphatic heterocycles. The van der Waals surface area contributed by atoms with Gasteiger partial charge in [0.1, 0.15) is 6.10 Å². The average Bonchev–Trinajstić information content (AvgIpc) is 2.26. The lowest BCUT2D eigenvalue weighted by Crippen LogP contribution is -2.37. The molecule has 1 aliphatic rings. The van der Waals surface area contributed by atoms with Gasteiger partial charge in [-0.25, -0.2) is 0 Å². The molecule has 1 rings (SSSR count). The lowest BCUT2D eigenvalue weighted by Gasteiger charge is -2.31. The van der Waals surface area contributed by atoms with E-state index in [1.165, 1.54) is 5.57 Å². The summed E-state index contributed by atoms with van der Waals surface area (Å²) in [4.78, 5) is 0. The Kier molecular flexibility index (Phi) is 5.41. The monoisotopic (exact) mass is 238 g/mol. The van der Waals surface area contributed by atoms with Crippen LogP contribution in [0.4, 0.5) is 0 Å². The summed E-state index contributed by atoms with van der Waals surface area (Å²) in [6, 6.07) is 0. The van der Waals surface area contributed by atoms with Crippen LogP contribution in [0.3, 0.4) is 0 Å². The van der Waals surface area contributed by atoms with Gasteiger partial charge in [0.15, 0.2) is 0 Å². The maximum Gasteiger partial charge on any atom is 0.101 e. The van der Waals surface area contributed by atoms with Gasteiger partial charge in [0, 0.05) is 0 Å². The molecule has 0 amide bonds. The van der Waals surface area contributed by atoms with Crippen molar-refractivity contribution in [1.82, 2.24) is 0 Å². The van der Waals surface area contributed by atoms with Gasteiger partial charge in [0.25, 0.3) is 0 Å². The van der Waals surface area contributed by atoms with Crippen molar-refractivity contribution < 1.29 is 10.2 Å². The normalized spacial score (nSPS) is 35.5. The van der Waals surface area contributed by atoms with E-state index < -0.39 is 12.2 Å². The smallest absolute Gasteiger partial charge is 0.101 e. The number of aliphatic hydroxyl groups is 2. The van der Waals surface area contributed by atoms with Crippen LogP contribution in [-0.4, -0.2) is 22.4 Å². The third-order valence-corrected chi connectivity index (χ3v) is 3.87. The van der Waals surface area contributed by atoms with E-state index in [0.29, 0.717) is 5.92 Å². The third-order valence-electron chi connectivity index (χ3n) is 3.87. The summed E-state index contributed by atoms with van der Waals surface area (Å²) in [5.74, 6) is 0.517. The number of aliphatic hydroxyl groups excluding tert-OH is 2. The van der Waals surface area contributed by atoms with Gasteiger partial charge in [-0.2, -0.15) is 0 Å². The van der Waals surface area contributed by atoms with Crippen molar-refractivity contribution >= 4 is 0 Å². The van der Waals surface area contributed by atoms with Crippen molar-refractivity contribution in [3.05, 3.63) is 23.8 Å². The summed E-state index contributed by atoms with van der Waals surface area (Å²) in [6.45, 7) is 10.3. The van der Waals surface area contributed by atoms with Gasteiger partial charge >= 0.3 is 0 Å². The van der Waals surface area contributed by atoms with E-state index in [-0.39, 0.29) is 5.92 Å². The van der Waals surface area contributed by atoms with Gasteiger partial charge in [-0.05, 0) is 50.0 Å². The molecule has 0 aromatic heterocycles. The zero-order chi connectivity index (χ0) is 13.0. The molecule has 0 aromatic carbocycles. The molecule has 98 valence electrons. The SMILES string of the molecule is C=C1CC/C=C(\C)CC[C@@H](C(C)C)[C@@H](O)[C@H]1O. The van der Waals surface area contributed by atoms with Crippen molar-refractivity contribution in [2.45, 2.75) is 58.7 Å². The van der Waals surface area contributed by atoms with Gasteiger partial charge in [0.2, 0.25) is 0 Å². The second kappa shape index (κ2) is 6.36. The van der Waals surface area contributed by atoms with Crippen LogP contribution in [0.1, 0.15) is 46.5 Å². The minimum atomic E-state index is -0.769. The largest absolute Gasteiger partial charge is 0.390 e. The van der Waals surface area contributed by atoms with Crippen LogP contribution in [-0.2, 0) is 0 Å². The van der Waals surface area contributed by atoms with E-state index in [9.17, 15) is 10.2 Å². The van der Waals surface area contributed by atoms with Gasteiger partial charge < -0.3 is 10.2 Å². The van der Waals surface area contributed by atoms with E-state index in [0.717, 1.165) is 31.3 Å². The van der Waals surface area contributed by atoms with Crippen LogP contribution in [0, 0.1) is 11.8 Å². The first kappa shape index (κ1) is 14.5. The standard InChI is InChI=1S/C15H26O2/c1-10(2)13-9-8-11(3)6-5-7-12(4)14(16)15(13)17/h6,10,13-17H,4-5,7-9H2,1-3H3/b11-6+/t13-,14-,15+/m0/s1. The summed E-state index contributed by atoms with van der Waals surface area (Å²) in [7, 11) is 0. The van der Waals surface area contributed by atoms with Gasteiger partial charge in [-0.3, -0.25) is 0 Å². The molecular formula is C15H26O2. The molecule has 2 heteroatoms. The first-order valence-corrected chi connectivity index (χ1v) is 6.63. The fraction of sp³-hybridized carbons (Fsp3) is 0.733. The van der Waals surface area contributed by atoms with E-state index in [2.05, 4.69) is 33.4 Å². The van der Waals surface area contributed by atoms with Crippen molar-refractivity contribution in [3.8, 4) is 0 Å². The molecule has 0 spiro atoms. The highest BCUT2D eigenvalue weighted by Crippen LogP contribution is 2.29. The summed E-state index contributed by atoms with van der Waals surface area (Å²) in [5, 5.41) is 20.3. The number of hydrogen-bond acceptors (Lipinski definition) is 2. The molecule has 0 heterocycles. The molecule has 0 unspecified atom stereocenters. The lowest BCUT2D eigenvalue weighted by atomic mass is 9.80. The number of allylic oxidation sites excluding steroid dienone is 2. The molecule has 0 aromatic rings. The van der Waals surface area contributed by atoms with Crippen LogP contribution in [0.2, 0.25) is 0 Å². The van der Waals surface area contributed by atoms with E-state index in [4.69, 9.17) is 0 Å². The van der Waals surface area contributed by atoms with Gasteiger partial charge in [0.05, 0.1) is 6.10 Å². The minimum Gasteiger partial charge on any atom is -0.390 e. The van der Waals surface area contributed by atoms with Crippen LogP contribution in [0.15, 0.2) is 23.8 Å². The zero-order valence-electron chi connectivity index (χ0n) is 11.3. The van der Waals surface area contributed by atoms with Crippen molar-refractivity contribution in [2.24, 2.45) is 11.8 Å². The first-order chi connectivity index (χ1) is 7.93. The Labute approximate surface area is 105 Å². The van der Waals surface area contributed by atoms with Crippen molar-refractivity contribution in [1.29, 1.82) is 0 Å². The Balaban J connectivity index is 2.87. The van der Waals surface area contributed by atoms with Crippen LogP contribution >= 0.6 is 0 Å². The van der Waals surface area contributed by atoms with Crippen LogP contribution in [0.25, 0.3) is 0 Å². The van der Waals surface area contributed by atoms with E-state index >= 15 is 0 Å². The Morgan fingerprint density at radius 2 is 1.94 bits per heavy atom. The molecule has 17 heavy (non-hydrogen) atoms. The fourth-order valence-corrected chi connectivity index (χ4v) is 2.52. The number of rotatable bonds is 1. The van der Waals surface area contributed by atoms with Gasteiger partial charge in [-0.1, -0.05) is 32.1 Å². The fourth-order valence-electron chi connectivity index (χ4n) is 2.52. The quantitative estimate of drug-likeness (QED) is 0.689. The lowest BCUT2D eigenvalue weighted by molar-refractivity contribution is -0.0163. The molecule has 1 aliphatic carbocycles. The Bertz CT molecular complexity index is 291. The van der Waals surface area contributed by atoms with Crippen molar-refractivity contribution in [2.75, 3.05) is 0 Å². The molecule has 2 nitrogen and oxygen atoms in total. The van der Waals surface area contributed by atoms with E-state index in [1.54, 1.807) is 0 Å². The molecule has 0 bridgehead atoms. The first-order valence-electron chi connectivity index (χ1n) is 6.63. The second-order valence-corrected chi connectivity index (χ2v) is 5.63. The maximum atomic E-state index is 10.3. The average molecular weight is 238 g/mol. The third kappa shape index (κ3) is 3.97. The highest BCUT2D eigenvalue weighted by atomic mass is 16.3. The van der Waals surface area contributed by atoms with Crippen molar-refractivity contribution in [3.63, 3.8) is 0 Å². The number of hydrogen-bond donors (Lipinski definition) is 2. The molecule has 3 atom stereocenters. The molecule has 0 saturated carbocycles. The zero-order valence-corrected chi connectivity index (χ0v) is 11.3. The Morgan fingerprint density at radius 1 is 1.29 bits per heavy atom. The topological polar surface area (TPSA) is 40.5 Å². The minimum absolute atomic E-state index is 0.142. The van der Waals surface area contributed by atoms with Crippen LogP contribution in [0.5, 0.6) is 0 Å². The van der Waals surface area contributed by atoms with E-state index in [1.807, 2.05) is 0 Å². The summed E-state index contributed by atoms with van der Waals surface area (Å²) >= 11 is 0.